The zero-order chi connectivity index (χ0) is 14.8. The first-order valence-electron chi connectivity index (χ1n) is 6.91. The minimum atomic E-state index is -0.150. The van der Waals surface area contributed by atoms with Crippen molar-refractivity contribution in [1.82, 2.24) is 15.1 Å². The number of carbonyl (C=O) groups excluding carboxylic acids is 1. The van der Waals surface area contributed by atoms with Gasteiger partial charge in [0.25, 0.3) is 5.91 Å². The van der Waals surface area contributed by atoms with Crippen LogP contribution in [0.4, 0.5) is 5.69 Å². The van der Waals surface area contributed by atoms with Gasteiger partial charge in [-0.2, -0.15) is 5.10 Å². The van der Waals surface area contributed by atoms with Crippen molar-refractivity contribution >= 4 is 11.6 Å². The van der Waals surface area contributed by atoms with E-state index in [1.54, 1.807) is 10.9 Å². The number of carbonyl (C=O) groups is 1. The summed E-state index contributed by atoms with van der Waals surface area (Å²) in [5, 5.41) is 10.3. The summed E-state index contributed by atoms with van der Waals surface area (Å²) >= 11 is 0. The summed E-state index contributed by atoms with van der Waals surface area (Å²) in [6.07, 6.45) is 1.58. The molecule has 0 saturated carbocycles. The number of nitrogens with one attached hydrogen (secondary N) is 2. The molecule has 1 aliphatic heterocycles. The summed E-state index contributed by atoms with van der Waals surface area (Å²) in [5.74, 6) is 0.721. The summed E-state index contributed by atoms with van der Waals surface area (Å²) in [6, 6.07) is 5.69. The highest BCUT2D eigenvalue weighted by Gasteiger charge is 2.14. The number of aromatic nitrogens is 2. The molecule has 1 aliphatic rings. The van der Waals surface area contributed by atoms with Gasteiger partial charge in [0.15, 0.2) is 0 Å². The van der Waals surface area contributed by atoms with Gasteiger partial charge in [0.05, 0.1) is 11.8 Å². The first kappa shape index (κ1) is 13.6. The number of nitrogens with zero attached hydrogens (tertiary/aromatic N) is 2. The molecule has 2 N–H and O–H groups in total. The third-order valence-electron chi connectivity index (χ3n) is 3.65. The molecule has 1 aromatic carbocycles. The maximum Gasteiger partial charge on any atom is 0.259 e. The normalized spacial score (nSPS) is 14.0. The molecule has 2 heterocycles. The predicted octanol–water partition coefficient (Wildman–Crippen LogP) is 1.46. The van der Waals surface area contributed by atoms with E-state index in [1.807, 2.05) is 32.2 Å². The first-order chi connectivity index (χ1) is 10.1. The van der Waals surface area contributed by atoms with Gasteiger partial charge in [-0.15, -0.1) is 0 Å². The molecule has 6 heteroatoms. The van der Waals surface area contributed by atoms with Crippen LogP contribution in [0.3, 0.4) is 0 Å². The molecule has 1 amide bonds. The lowest BCUT2D eigenvalue weighted by Crippen LogP contribution is -2.16. The van der Waals surface area contributed by atoms with E-state index in [1.165, 1.54) is 0 Å². The van der Waals surface area contributed by atoms with Crippen molar-refractivity contribution in [2.24, 2.45) is 7.05 Å². The highest BCUT2D eigenvalue weighted by molar-refractivity contribution is 6.04. The number of benzene rings is 1. The van der Waals surface area contributed by atoms with Crippen molar-refractivity contribution in [3.05, 3.63) is 41.2 Å². The molecule has 6 nitrogen and oxygen atoms in total. The highest BCUT2D eigenvalue weighted by Crippen LogP contribution is 2.24. The van der Waals surface area contributed by atoms with E-state index in [9.17, 15) is 4.79 Å². The van der Waals surface area contributed by atoms with Gasteiger partial charge in [0, 0.05) is 37.1 Å². The van der Waals surface area contributed by atoms with Crippen LogP contribution in [0.1, 0.15) is 21.6 Å². The minimum Gasteiger partial charge on any atom is -0.492 e. The standard InChI is InChI=1S/C15H18N4O2/c1-10-13(9-17-19(10)2)15(20)18-12-3-4-14-11(7-12)8-16-5-6-21-14/h3-4,7,9,16H,5-6,8H2,1-2H3,(H,18,20). The number of amides is 1. The number of hydrogen-bond acceptors (Lipinski definition) is 4. The van der Waals surface area contributed by atoms with E-state index >= 15 is 0 Å². The van der Waals surface area contributed by atoms with Crippen molar-refractivity contribution in [1.29, 1.82) is 0 Å². The van der Waals surface area contributed by atoms with E-state index in [4.69, 9.17) is 4.74 Å². The molecule has 0 aliphatic carbocycles. The Labute approximate surface area is 123 Å². The Morgan fingerprint density at radius 2 is 2.33 bits per heavy atom. The van der Waals surface area contributed by atoms with Crippen LogP contribution in [-0.2, 0) is 13.6 Å². The molecule has 21 heavy (non-hydrogen) atoms. The third-order valence-corrected chi connectivity index (χ3v) is 3.65. The summed E-state index contributed by atoms with van der Waals surface area (Å²) < 4.78 is 7.31. The van der Waals surface area contributed by atoms with E-state index < -0.39 is 0 Å². The molecule has 0 fully saturated rings. The summed E-state index contributed by atoms with van der Waals surface area (Å²) in [4.78, 5) is 12.3. The fourth-order valence-electron chi connectivity index (χ4n) is 2.31. The molecule has 0 radical (unpaired) electrons. The van der Waals surface area contributed by atoms with E-state index in [2.05, 4.69) is 15.7 Å². The number of rotatable bonds is 2. The van der Waals surface area contributed by atoms with Crippen LogP contribution < -0.4 is 15.4 Å². The van der Waals surface area contributed by atoms with Crippen molar-refractivity contribution < 1.29 is 9.53 Å². The van der Waals surface area contributed by atoms with Gasteiger partial charge in [-0.3, -0.25) is 9.48 Å². The monoisotopic (exact) mass is 286 g/mol. The van der Waals surface area contributed by atoms with Gasteiger partial charge in [0.2, 0.25) is 0 Å². The Kier molecular flexibility index (Phi) is 3.62. The number of anilines is 1. The molecule has 1 aromatic heterocycles. The van der Waals surface area contributed by atoms with Gasteiger partial charge in [-0.25, -0.2) is 0 Å². The largest absolute Gasteiger partial charge is 0.492 e. The molecule has 110 valence electrons. The van der Waals surface area contributed by atoms with Crippen LogP contribution in [0.2, 0.25) is 0 Å². The smallest absolute Gasteiger partial charge is 0.259 e. The van der Waals surface area contributed by atoms with Crippen LogP contribution >= 0.6 is 0 Å². The first-order valence-corrected chi connectivity index (χ1v) is 6.91. The SMILES string of the molecule is Cc1c(C(=O)Nc2ccc3c(c2)CNCCO3)cnn1C. The lowest BCUT2D eigenvalue weighted by molar-refractivity contribution is 0.102. The molecule has 0 bridgehead atoms. The molecule has 0 atom stereocenters. The molecule has 0 unspecified atom stereocenters. The van der Waals surface area contributed by atoms with Crippen LogP contribution in [0, 0.1) is 6.92 Å². The van der Waals surface area contributed by atoms with E-state index in [-0.39, 0.29) is 5.91 Å². The quantitative estimate of drug-likeness (QED) is 0.877. The summed E-state index contributed by atoms with van der Waals surface area (Å²) in [5.41, 5.74) is 3.23. The molecular weight excluding hydrogens is 268 g/mol. The zero-order valence-electron chi connectivity index (χ0n) is 12.1. The zero-order valence-corrected chi connectivity index (χ0v) is 12.1. The van der Waals surface area contributed by atoms with Gasteiger partial charge in [-0.1, -0.05) is 0 Å². The molecule has 0 spiro atoms. The third kappa shape index (κ3) is 2.75. The van der Waals surface area contributed by atoms with E-state index in [0.29, 0.717) is 12.2 Å². The Morgan fingerprint density at radius 1 is 1.48 bits per heavy atom. The fourth-order valence-corrected chi connectivity index (χ4v) is 2.31. The van der Waals surface area contributed by atoms with Crippen LogP contribution in [-0.4, -0.2) is 28.8 Å². The maximum atomic E-state index is 12.3. The topological polar surface area (TPSA) is 68.2 Å². The predicted molar refractivity (Wildman–Crippen MR) is 79.5 cm³/mol. The fraction of sp³-hybridized carbons (Fsp3) is 0.333. The van der Waals surface area contributed by atoms with E-state index in [0.717, 1.165) is 35.8 Å². The Balaban J connectivity index is 1.80. The van der Waals surface area contributed by atoms with Crippen molar-refractivity contribution in [3.63, 3.8) is 0 Å². The van der Waals surface area contributed by atoms with Crippen LogP contribution in [0.25, 0.3) is 0 Å². The lowest BCUT2D eigenvalue weighted by atomic mass is 10.1. The Bertz CT molecular complexity index is 678. The second-order valence-electron chi connectivity index (χ2n) is 5.07. The Hall–Kier alpha value is -2.34. The van der Waals surface area contributed by atoms with Crippen LogP contribution in [0.15, 0.2) is 24.4 Å². The molecule has 3 rings (SSSR count). The average molecular weight is 286 g/mol. The molecule has 0 saturated heterocycles. The maximum absolute atomic E-state index is 12.3. The lowest BCUT2D eigenvalue weighted by Gasteiger charge is -2.10. The van der Waals surface area contributed by atoms with Gasteiger partial charge >= 0.3 is 0 Å². The number of hydrogen-bond donors (Lipinski definition) is 2. The number of fused-ring (bicyclic) bond motifs is 1. The Morgan fingerprint density at radius 3 is 3.10 bits per heavy atom. The van der Waals surface area contributed by atoms with Crippen molar-refractivity contribution in [3.8, 4) is 5.75 Å². The van der Waals surface area contributed by atoms with Gasteiger partial charge < -0.3 is 15.4 Å². The van der Waals surface area contributed by atoms with Crippen LogP contribution in [0.5, 0.6) is 5.75 Å². The van der Waals surface area contributed by atoms with Crippen molar-refractivity contribution in [2.45, 2.75) is 13.5 Å². The summed E-state index contributed by atoms with van der Waals surface area (Å²) in [7, 11) is 1.82. The van der Waals surface area contributed by atoms with Gasteiger partial charge in [0.1, 0.15) is 12.4 Å². The molecular formula is C15H18N4O2. The summed E-state index contributed by atoms with van der Waals surface area (Å²) in [6.45, 7) is 4.10. The van der Waals surface area contributed by atoms with Gasteiger partial charge in [-0.05, 0) is 25.1 Å². The second-order valence-corrected chi connectivity index (χ2v) is 5.07. The number of ether oxygens (including phenoxy) is 1. The average Bonchev–Trinajstić information content (AvgIpc) is 2.68. The number of aryl methyl sites for hydroxylation is 1. The van der Waals surface area contributed by atoms with Crippen molar-refractivity contribution in [2.75, 3.05) is 18.5 Å². The molecule has 2 aromatic rings. The highest BCUT2D eigenvalue weighted by atomic mass is 16.5. The minimum absolute atomic E-state index is 0.150. The second kappa shape index (κ2) is 5.57.